The van der Waals surface area contributed by atoms with E-state index in [-0.39, 0.29) is 5.56 Å². The highest BCUT2D eigenvalue weighted by Gasteiger charge is 2.13. The topological polar surface area (TPSA) is 68.0 Å². The molecule has 0 radical (unpaired) electrons. The van der Waals surface area contributed by atoms with Crippen molar-refractivity contribution in [2.24, 2.45) is 0 Å². The summed E-state index contributed by atoms with van der Waals surface area (Å²) < 4.78 is 2.04. The van der Waals surface area contributed by atoms with Gasteiger partial charge in [0.05, 0.1) is 23.1 Å². The van der Waals surface area contributed by atoms with Crippen molar-refractivity contribution >= 4 is 28.3 Å². The van der Waals surface area contributed by atoms with Crippen LogP contribution in [0.15, 0.2) is 29.8 Å². The first-order valence-corrected chi connectivity index (χ1v) is 7.18. The number of aromatic nitrogens is 3. The molecule has 0 spiro atoms. The van der Waals surface area contributed by atoms with Crippen LogP contribution in [0.2, 0.25) is 0 Å². The summed E-state index contributed by atoms with van der Waals surface area (Å²) in [6.07, 6.45) is 2.57. The summed E-state index contributed by atoms with van der Waals surface area (Å²) in [7, 11) is 0. The third kappa shape index (κ3) is 2.18. The van der Waals surface area contributed by atoms with Gasteiger partial charge in [0.1, 0.15) is 10.8 Å². The molecule has 2 heterocycles. The van der Waals surface area contributed by atoms with Crippen LogP contribution in [0, 0.1) is 0 Å². The molecule has 2 aromatic heterocycles. The van der Waals surface area contributed by atoms with Crippen molar-refractivity contribution in [2.45, 2.75) is 19.9 Å². The molecule has 0 saturated heterocycles. The molecule has 3 rings (SSSR count). The molecular weight excluding hydrogens is 274 g/mol. The van der Waals surface area contributed by atoms with Crippen LogP contribution in [-0.4, -0.2) is 25.6 Å². The molecule has 0 unspecified atom stereocenters. The normalized spacial score (nSPS) is 11.1. The zero-order valence-corrected chi connectivity index (χ0v) is 11.7. The second-order valence-corrected chi connectivity index (χ2v) is 5.38. The lowest BCUT2D eigenvalue weighted by Gasteiger charge is -2.06. The van der Waals surface area contributed by atoms with E-state index in [1.807, 2.05) is 16.9 Å². The number of carboxylic acid groups (broad SMARTS) is 1. The van der Waals surface area contributed by atoms with Gasteiger partial charge in [-0.15, -0.1) is 11.3 Å². The molecule has 0 aliphatic heterocycles. The number of nitrogens with zero attached hydrogens (tertiary/aromatic N) is 3. The minimum atomic E-state index is -0.924. The number of fused-ring (bicyclic) bond motifs is 1. The SMILES string of the molecule is CCc1nc2ccc(C(=O)O)cc2n1Cc1nccs1. The number of carboxylic acids is 1. The molecule has 0 bridgehead atoms. The fourth-order valence-corrected chi connectivity index (χ4v) is 2.82. The number of benzene rings is 1. The van der Waals surface area contributed by atoms with Crippen molar-refractivity contribution in [2.75, 3.05) is 0 Å². The molecule has 6 heteroatoms. The maximum atomic E-state index is 11.1. The summed E-state index contributed by atoms with van der Waals surface area (Å²) in [5, 5.41) is 12.0. The Morgan fingerprint density at radius 3 is 2.95 bits per heavy atom. The zero-order chi connectivity index (χ0) is 14.1. The van der Waals surface area contributed by atoms with E-state index in [9.17, 15) is 4.79 Å². The average molecular weight is 287 g/mol. The second kappa shape index (κ2) is 5.05. The van der Waals surface area contributed by atoms with Gasteiger partial charge in [-0.25, -0.2) is 14.8 Å². The van der Waals surface area contributed by atoms with E-state index in [0.29, 0.717) is 6.54 Å². The van der Waals surface area contributed by atoms with Gasteiger partial charge in [0, 0.05) is 18.0 Å². The summed E-state index contributed by atoms with van der Waals surface area (Å²) in [5.74, 6) is 0.0182. The number of rotatable bonds is 4. The van der Waals surface area contributed by atoms with Gasteiger partial charge in [0.15, 0.2) is 0 Å². The van der Waals surface area contributed by atoms with Gasteiger partial charge in [-0.3, -0.25) is 0 Å². The van der Waals surface area contributed by atoms with E-state index in [1.165, 1.54) is 0 Å². The molecule has 102 valence electrons. The van der Waals surface area contributed by atoms with Crippen molar-refractivity contribution in [3.8, 4) is 0 Å². The van der Waals surface area contributed by atoms with E-state index in [1.54, 1.807) is 35.7 Å². The lowest BCUT2D eigenvalue weighted by Crippen LogP contribution is -2.04. The Kier molecular flexibility index (Phi) is 3.23. The predicted octanol–water partition coefficient (Wildman–Crippen LogP) is 2.80. The van der Waals surface area contributed by atoms with Crippen molar-refractivity contribution < 1.29 is 9.90 Å². The lowest BCUT2D eigenvalue weighted by molar-refractivity contribution is 0.0697. The molecule has 0 saturated carbocycles. The Morgan fingerprint density at radius 2 is 2.30 bits per heavy atom. The minimum absolute atomic E-state index is 0.278. The maximum absolute atomic E-state index is 11.1. The van der Waals surface area contributed by atoms with Crippen molar-refractivity contribution in [1.82, 2.24) is 14.5 Å². The number of imidazole rings is 1. The van der Waals surface area contributed by atoms with E-state index in [4.69, 9.17) is 5.11 Å². The lowest BCUT2D eigenvalue weighted by atomic mass is 10.2. The van der Waals surface area contributed by atoms with E-state index < -0.39 is 5.97 Å². The van der Waals surface area contributed by atoms with Gasteiger partial charge in [-0.1, -0.05) is 6.92 Å². The third-order valence-electron chi connectivity index (χ3n) is 3.17. The number of hydrogen-bond acceptors (Lipinski definition) is 4. The van der Waals surface area contributed by atoms with Crippen LogP contribution in [-0.2, 0) is 13.0 Å². The highest BCUT2D eigenvalue weighted by molar-refractivity contribution is 7.09. The summed E-state index contributed by atoms with van der Waals surface area (Å²) in [5.41, 5.74) is 1.95. The largest absolute Gasteiger partial charge is 0.478 e. The van der Waals surface area contributed by atoms with Gasteiger partial charge in [-0.2, -0.15) is 0 Å². The van der Waals surface area contributed by atoms with Crippen LogP contribution in [0.4, 0.5) is 0 Å². The third-order valence-corrected chi connectivity index (χ3v) is 3.93. The molecule has 0 aliphatic rings. The molecular formula is C14H13N3O2S. The van der Waals surface area contributed by atoms with Crippen LogP contribution in [0.3, 0.4) is 0 Å². The van der Waals surface area contributed by atoms with Crippen LogP contribution in [0.5, 0.6) is 0 Å². The highest BCUT2D eigenvalue weighted by Crippen LogP contribution is 2.21. The number of aryl methyl sites for hydroxylation is 1. The zero-order valence-electron chi connectivity index (χ0n) is 10.9. The van der Waals surface area contributed by atoms with E-state index >= 15 is 0 Å². The second-order valence-electron chi connectivity index (χ2n) is 4.40. The molecule has 1 N–H and O–H groups in total. The Morgan fingerprint density at radius 1 is 1.45 bits per heavy atom. The molecule has 0 amide bonds. The Bertz CT molecular complexity index is 762. The first-order chi connectivity index (χ1) is 9.69. The molecule has 0 fully saturated rings. The molecule has 0 aliphatic carbocycles. The minimum Gasteiger partial charge on any atom is -0.478 e. The van der Waals surface area contributed by atoms with E-state index in [2.05, 4.69) is 9.97 Å². The van der Waals surface area contributed by atoms with Gasteiger partial charge in [0.2, 0.25) is 0 Å². The first kappa shape index (κ1) is 12.8. The Hall–Kier alpha value is -2.21. The number of thiazole rings is 1. The molecule has 20 heavy (non-hydrogen) atoms. The van der Waals surface area contributed by atoms with Gasteiger partial charge >= 0.3 is 5.97 Å². The summed E-state index contributed by atoms with van der Waals surface area (Å²) >= 11 is 1.58. The molecule has 0 atom stereocenters. The quantitative estimate of drug-likeness (QED) is 0.801. The molecule has 3 aromatic rings. The van der Waals surface area contributed by atoms with Gasteiger partial charge < -0.3 is 9.67 Å². The van der Waals surface area contributed by atoms with E-state index in [0.717, 1.165) is 28.3 Å². The van der Waals surface area contributed by atoms with Crippen molar-refractivity contribution in [1.29, 1.82) is 0 Å². The average Bonchev–Trinajstić information content (AvgIpc) is 3.06. The van der Waals surface area contributed by atoms with Crippen LogP contribution < -0.4 is 0 Å². The monoisotopic (exact) mass is 287 g/mol. The Balaban J connectivity index is 2.15. The number of hydrogen-bond donors (Lipinski definition) is 1. The van der Waals surface area contributed by atoms with Crippen LogP contribution in [0.1, 0.15) is 28.1 Å². The van der Waals surface area contributed by atoms with Gasteiger partial charge in [0.25, 0.3) is 0 Å². The van der Waals surface area contributed by atoms with Crippen LogP contribution >= 0.6 is 11.3 Å². The van der Waals surface area contributed by atoms with Gasteiger partial charge in [-0.05, 0) is 18.2 Å². The number of aromatic carboxylic acids is 1. The predicted molar refractivity (Wildman–Crippen MR) is 77.3 cm³/mol. The number of carbonyl (C=O) groups is 1. The summed E-state index contributed by atoms with van der Waals surface area (Å²) in [6, 6.07) is 5.03. The van der Waals surface area contributed by atoms with Crippen molar-refractivity contribution in [3.05, 3.63) is 46.2 Å². The fraction of sp³-hybridized carbons (Fsp3) is 0.214. The summed E-state index contributed by atoms with van der Waals surface area (Å²) in [4.78, 5) is 20.0. The first-order valence-electron chi connectivity index (χ1n) is 6.30. The summed E-state index contributed by atoms with van der Waals surface area (Å²) in [6.45, 7) is 2.66. The highest BCUT2D eigenvalue weighted by atomic mass is 32.1. The van der Waals surface area contributed by atoms with Crippen LogP contribution in [0.25, 0.3) is 11.0 Å². The smallest absolute Gasteiger partial charge is 0.335 e. The Labute approximate surface area is 119 Å². The maximum Gasteiger partial charge on any atom is 0.335 e. The molecule has 1 aromatic carbocycles. The molecule has 5 nitrogen and oxygen atoms in total. The fourth-order valence-electron chi connectivity index (χ4n) is 2.22. The standard InChI is InChI=1S/C14H13N3O2S/c1-2-12-16-10-4-3-9(14(18)19)7-11(10)17(12)8-13-15-5-6-20-13/h3-7H,2,8H2,1H3,(H,18,19). The van der Waals surface area contributed by atoms with Crippen molar-refractivity contribution in [3.63, 3.8) is 0 Å².